The molecule has 0 spiro atoms. The van der Waals surface area contributed by atoms with Gasteiger partial charge in [0.1, 0.15) is 11.5 Å². The summed E-state index contributed by atoms with van der Waals surface area (Å²) < 4.78 is 11.9. The Labute approximate surface area is 161 Å². The first kappa shape index (κ1) is 20.1. The minimum atomic E-state index is 0.791. The summed E-state index contributed by atoms with van der Waals surface area (Å²) in [6.45, 7) is 5.97. The molecule has 0 heterocycles. The van der Waals surface area contributed by atoms with E-state index in [1.165, 1.54) is 35.6 Å². The summed E-state index contributed by atoms with van der Waals surface area (Å²) in [7, 11) is 0. The second-order valence-corrected chi connectivity index (χ2v) is 7.23. The number of aryl methyl sites for hydroxylation is 1. The molecule has 0 radical (unpaired) electrons. The molecule has 0 aliphatic rings. The summed E-state index contributed by atoms with van der Waals surface area (Å²) in [5, 5.41) is 3.61. The van der Waals surface area contributed by atoms with Crippen LogP contribution in [-0.4, -0.2) is 18.5 Å². The summed E-state index contributed by atoms with van der Waals surface area (Å²) in [4.78, 5) is 0. The Balaban J connectivity index is 2.02. The lowest BCUT2D eigenvalue weighted by Crippen LogP contribution is -2.01. The molecule has 25 heavy (non-hydrogen) atoms. The second-order valence-electron chi connectivity index (χ2n) is 6.43. The highest BCUT2D eigenvalue weighted by molar-refractivity contribution is 9.09. The summed E-state index contributed by atoms with van der Waals surface area (Å²) >= 11 is 3.48. The summed E-state index contributed by atoms with van der Waals surface area (Å²) in [6, 6.07) is 10.7. The van der Waals surface area contributed by atoms with Crippen molar-refractivity contribution in [3.63, 3.8) is 0 Å². The third-order valence-corrected chi connectivity index (χ3v) is 5.03. The highest BCUT2D eigenvalue weighted by Gasteiger charge is 2.08. The van der Waals surface area contributed by atoms with Gasteiger partial charge in [-0.1, -0.05) is 61.2 Å². The van der Waals surface area contributed by atoms with Gasteiger partial charge in [0.15, 0.2) is 0 Å². The van der Waals surface area contributed by atoms with Crippen LogP contribution in [0.2, 0.25) is 0 Å². The van der Waals surface area contributed by atoms with Crippen LogP contribution in [0.5, 0.6) is 11.5 Å². The monoisotopic (exact) mass is 406 g/mol. The Morgan fingerprint density at radius 1 is 0.840 bits per heavy atom. The molecule has 2 rings (SSSR count). The van der Waals surface area contributed by atoms with Gasteiger partial charge in [-0.05, 0) is 54.7 Å². The summed E-state index contributed by atoms with van der Waals surface area (Å²) in [6.07, 6.45) is 8.11. The van der Waals surface area contributed by atoms with E-state index in [-0.39, 0.29) is 0 Å². The van der Waals surface area contributed by atoms with Gasteiger partial charge in [-0.3, -0.25) is 0 Å². The molecule has 0 saturated heterocycles. The maximum absolute atomic E-state index is 6.08. The molecule has 2 aromatic carbocycles. The topological polar surface area (TPSA) is 18.5 Å². The van der Waals surface area contributed by atoms with Crippen LogP contribution in [-0.2, 0) is 6.42 Å². The van der Waals surface area contributed by atoms with E-state index in [4.69, 9.17) is 9.47 Å². The Kier molecular flexibility index (Phi) is 9.17. The van der Waals surface area contributed by atoms with E-state index in [0.29, 0.717) is 0 Å². The fraction of sp³-hybridized carbons (Fsp3) is 0.545. The highest BCUT2D eigenvalue weighted by Crippen LogP contribution is 2.31. The molecule has 0 aliphatic heterocycles. The van der Waals surface area contributed by atoms with E-state index in [1.807, 2.05) is 0 Å². The molecule has 3 heteroatoms. The quantitative estimate of drug-likeness (QED) is 0.281. The lowest BCUT2D eigenvalue weighted by molar-refractivity contribution is 0.303. The van der Waals surface area contributed by atoms with Gasteiger partial charge in [-0.15, -0.1) is 0 Å². The standard InChI is InChI=1S/C22H31BrO2/c1-3-5-15-24-19-11-12-21-18(17-19)10-13-22(20(21)4-2)25-16-9-7-6-8-14-23/h10-13,17H,3-9,14-16H2,1-2H3. The molecule has 0 bridgehead atoms. The number of hydrogen-bond donors (Lipinski definition) is 0. The van der Waals surface area contributed by atoms with E-state index in [2.05, 4.69) is 60.1 Å². The lowest BCUT2D eigenvalue weighted by atomic mass is 10.0. The normalized spacial score (nSPS) is 11.0. The van der Waals surface area contributed by atoms with Crippen molar-refractivity contribution in [3.8, 4) is 11.5 Å². The Bertz CT molecular complexity index is 639. The smallest absolute Gasteiger partial charge is 0.123 e. The number of ether oxygens (including phenoxy) is 2. The molecule has 0 saturated carbocycles. The minimum absolute atomic E-state index is 0.791. The van der Waals surface area contributed by atoms with E-state index >= 15 is 0 Å². The molecular formula is C22H31BrO2. The van der Waals surface area contributed by atoms with E-state index < -0.39 is 0 Å². The first-order valence-electron chi connectivity index (χ1n) is 9.67. The molecule has 0 unspecified atom stereocenters. The van der Waals surface area contributed by atoms with Crippen molar-refractivity contribution in [1.82, 2.24) is 0 Å². The van der Waals surface area contributed by atoms with Crippen molar-refractivity contribution >= 4 is 26.7 Å². The zero-order valence-electron chi connectivity index (χ0n) is 15.7. The number of fused-ring (bicyclic) bond motifs is 1. The van der Waals surface area contributed by atoms with Crippen LogP contribution in [0.3, 0.4) is 0 Å². The van der Waals surface area contributed by atoms with Crippen LogP contribution in [0.4, 0.5) is 0 Å². The number of alkyl halides is 1. The molecule has 2 aromatic rings. The van der Waals surface area contributed by atoms with Crippen LogP contribution >= 0.6 is 15.9 Å². The molecule has 0 aliphatic carbocycles. The van der Waals surface area contributed by atoms with E-state index in [1.54, 1.807) is 0 Å². The van der Waals surface area contributed by atoms with E-state index in [0.717, 1.165) is 55.7 Å². The van der Waals surface area contributed by atoms with Crippen LogP contribution in [0.1, 0.15) is 57.9 Å². The second kappa shape index (κ2) is 11.4. The van der Waals surface area contributed by atoms with Crippen molar-refractivity contribution in [1.29, 1.82) is 0 Å². The predicted molar refractivity (Wildman–Crippen MR) is 111 cm³/mol. The zero-order valence-corrected chi connectivity index (χ0v) is 17.2. The number of unbranched alkanes of at least 4 members (excludes halogenated alkanes) is 4. The van der Waals surface area contributed by atoms with E-state index in [9.17, 15) is 0 Å². The van der Waals surface area contributed by atoms with Gasteiger partial charge in [-0.2, -0.15) is 0 Å². The molecule has 0 aromatic heterocycles. The summed E-state index contributed by atoms with van der Waals surface area (Å²) in [5.41, 5.74) is 1.30. The molecule has 0 atom stereocenters. The van der Waals surface area contributed by atoms with Crippen LogP contribution < -0.4 is 9.47 Å². The average molecular weight is 407 g/mol. The largest absolute Gasteiger partial charge is 0.494 e. The molecule has 2 nitrogen and oxygen atoms in total. The maximum Gasteiger partial charge on any atom is 0.123 e. The first-order valence-corrected chi connectivity index (χ1v) is 10.8. The van der Waals surface area contributed by atoms with Gasteiger partial charge in [-0.25, -0.2) is 0 Å². The fourth-order valence-corrected chi connectivity index (χ4v) is 3.41. The van der Waals surface area contributed by atoms with Crippen molar-refractivity contribution in [2.45, 2.75) is 58.8 Å². The molecule has 0 N–H and O–H groups in total. The highest BCUT2D eigenvalue weighted by atomic mass is 79.9. The van der Waals surface area contributed by atoms with Crippen LogP contribution in [0.25, 0.3) is 10.8 Å². The van der Waals surface area contributed by atoms with Crippen molar-refractivity contribution in [2.75, 3.05) is 18.5 Å². The van der Waals surface area contributed by atoms with Gasteiger partial charge < -0.3 is 9.47 Å². The number of hydrogen-bond acceptors (Lipinski definition) is 2. The van der Waals surface area contributed by atoms with Crippen LogP contribution in [0, 0.1) is 0 Å². The van der Waals surface area contributed by atoms with Gasteiger partial charge in [0.25, 0.3) is 0 Å². The maximum atomic E-state index is 6.08. The molecular weight excluding hydrogens is 376 g/mol. The predicted octanol–water partition coefficient (Wildman–Crippen LogP) is 6.92. The van der Waals surface area contributed by atoms with Crippen molar-refractivity contribution in [2.24, 2.45) is 0 Å². The number of rotatable bonds is 12. The lowest BCUT2D eigenvalue weighted by Gasteiger charge is -2.14. The molecule has 0 fully saturated rings. The van der Waals surface area contributed by atoms with Gasteiger partial charge in [0.2, 0.25) is 0 Å². The Morgan fingerprint density at radius 2 is 1.64 bits per heavy atom. The minimum Gasteiger partial charge on any atom is -0.494 e. The van der Waals surface area contributed by atoms with Gasteiger partial charge in [0.05, 0.1) is 13.2 Å². The molecule has 0 amide bonds. The third kappa shape index (κ3) is 6.22. The number of benzene rings is 2. The fourth-order valence-electron chi connectivity index (χ4n) is 3.01. The van der Waals surface area contributed by atoms with Gasteiger partial charge in [0, 0.05) is 10.9 Å². The first-order chi connectivity index (χ1) is 12.3. The SMILES string of the molecule is CCCCOc1ccc2c(CC)c(OCCCCCCBr)ccc2c1. The van der Waals surface area contributed by atoms with Crippen LogP contribution in [0.15, 0.2) is 30.3 Å². The van der Waals surface area contributed by atoms with Crippen molar-refractivity contribution in [3.05, 3.63) is 35.9 Å². The number of halogens is 1. The average Bonchev–Trinajstić information content (AvgIpc) is 2.64. The third-order valence-electron chi connectivity index (χ3n) is 4.47. The summed E-state index contributed by atoms with van der Waals surface area (Å²) in [5.74, 6) is 2.00. The zero-order chi connectivity index (χ0) is 17.9. The Hall–Kier alpha value is -1.22. The van der Waals surface area contributed by atoms with Crippen molar-refractivity contribution < 1.29 is 9.47 Å². The Morgan fingerprint density at radius 3 is 2.40 bits per heavy atom. The van der Waals surface area contributed by atoms with Gasteiger partial charge >= 0.3 is 0 Å². The molecule has 138 valence electrons.